The van der Waals surface area contributed by atoms with Crippen molar-refractivity contribution in [2.75, 3.05) is 20.8 Å². The van der Waals surface area contributed by atoms with Gasteiger partial charge in [0.15, 0.2) is 0 Å². The molecule has 2 rings (SSSR count). The van der Waals surface area contributed by atoms with E-state index in [0.29, 0.717) is 13.0 Å². The van der Waals surface area contributed by atoms with E-state index in [1.54, 1.807) is 0 Å². The molecule has 0 radical (unpaired) electrons. The second-order valence-electron chi connectivity index (χ2n) is 4.10. The minimum absolute atomic E-state index is 0.00162. The Balaban J connectivity index is 2.18. The average Bonchev–Trinajstić information content (AvgIpc) is 2.77. The largest absolute Gasteiger partial charge is 0.469 e. The Bertz CT molecular complexity index is 291. The summed E-state index contributed by atoms with van der Waals surface area (Å²) in [5, 5.41) is 2.79. The number of ether oxygens (including phenoxy) is 2. The van der Waals surface area contributed by atoms with Gasteiger partial charge in [0, 0.05) is 13.7 Å². The molecule has 1 saturated heterocycles. The lowest BCUT2D eigenvalue weighted by Gasteiger charge is -2.19. The standard InChI is InChI=1S/C10H15NO4/c1-14-8-6(10(13)15-2)3-5-4-11-9(12)7(5)8/h5-8H,3-4H2,1-2H3,(H,11,12)/t5-,6-,7+,8-/m1/s1. The number of amides is 1. The zero-order valence-corrected chi connectivity index (χ0v) is 8.86. The Morgan fingerprint density at radius 1 is 1.47 bits per heavy atom. The van der Waals surface area contributed by atoms with Crippen molar-refractivity contribution in [2.24, 2.45) is 17.8 Å². The van der Waals surface area contributed by atoms with Crippen LogP contribution >= 0.6 is 0 Å². The first-order valence-electron chi connectivity index (χ1n) is 5.07. The maximum atomic E-state index is 11.5. The summed E-state index contributed by atoms with van der Waals surface area (Å²) in [4.78, 5) is 23.0. The number of hydrogen-bond acceptors (Lipinski definition) is 4. The Labute approximate surface area is 88.1 Å². The van der Waals surface area contributed by atoms with E-state index < -0.39 is 0 Å². The van der Waals surface area contributed by atoms with E-state index in [1.165, 1.54) is 14.2 Å². The molecule has 5 heteroatoms. The van der Waals surface area contributed by atoms with Crippen LogP contribution in [0.5, 0.6) is 0 Å². The zero-order valence-electron chi connectivity index (χ0n) is 8.86. The molecule has 0 bridgehead atoms. The molecular formula is C10H15NO4. The summed E-state index contributed by atoms with van der Waals surface area (Å²) in [6.45, 7) is 0.650. The minimum Gasteiger partial charge on any atom is -0.469 e. The van der Waals surface area contributed by atoms with Gasteiger partial charge in [-0.1, -0.05) is 0 Å². The maximum absolute atomic E-state index is 11.5. The summed E-state index contributed by atoms with van der Waals surface area (Å²) in [5.74, 6) is -0.533. The topological polar surface area (TPSA) is 64.6 Å². The van der Waals surface area contributed by atoms with Gasteiger partial charge >= 0.3 is 5.97 Å². The van der Waals surface area contributed by atoms with Gasteiger partial charge in [0.25, 0.3) is 0 Å². The van der Waals surface area contributed by atoms with Crippen molar-refractivity contribution in [1.82, 2.24) is 5.32 Å². The van der Waals surface area contributed by atoms with Crippen molar-refractivity contribution >= 4 is 11.9 Å². The molecule has 0 aromatic heterocycles. The normalized spacial score (nSPS) is 38.7. The summed E-state index contributed by atoms with van der Waals surface area (Å²) < 4.78 is 9.99. The SMILES string of the molecule is COC(=O)[C@@H]1C[C@@H]2CNC(=O)[C@@H]2[C@@H]1OC. The first-order chi connectivity index (χ1) is 7.19. The van der Waals surface area contributed by atoms with Crippen LogP contribution in [0, 0.1) is 17.8 Å². The van der Waals surface area contributed by atoms with Gasteiger partial charge in [0.05, 0.1) is 25.0 Å². The van der Waals surface area contributed by atoms with Crippen molar-refractivity contribution in [2.45, 2.75) is 12.5 Å². The fraction of sp³-hybridized carbons (Fsp3) is 0.800. The van der Waals surface area contributed by atoms with Crippen LogP contribution in [0.2, 0.25) is 0 Å². The fourth-order valence-electron chi connectivity index (χ4n) is 2.74. The number of nitrogens with one attached hydrogen (secondary N) is 1. The smallest absolute Gasteiger partial charge is 0.311 e. The fourth-order valence-corrected chi connectivity index (χ4v) is 2.74. The lowest BCUT2D eigenvalue weighted by molar-refractivity contribution is -0.150. The van der Waals surface area contributed by atoms with E-state index in [-0.39, 0.29) is 35.7 Å². The highest BCUT2D eigenvalue weighted by atomic mass is 16.5. The Morgan fingerprint density at radius 3 is 2.80 bits per heavy atom. The lowest BCUT2D eigenvalue weighted by atomic mass is 9.98. The molecule has 15 heavy (non-hydrogen) atoms. The van der Waals surface area contributed by atoms with Crippen LogP contribution < -0.4 is 5.32 Å². The Hall–Kier alpha value is -1.10. The highest BCUT2D eigenvalue weighted by Gasteiger charge is 2.53. The summed E-state index contributed by atoms with van der Waals surface area (Å²) >= 11 is 0. The third-order valence-electron chi connectivity index (χ3n) is 3.43. The van der Waals surface area contributed by atoms with Crippen LogP contribution in [-0.4, -0.2) is 38.7 Å². The molecule has 2 aliphatic rings. The van der Waals surface area contributed by atoms with Crippen LogP contribution in [-0.2, 0) is 19.1 Å². The van der Waals surface area contributed by atoms with Crippen molar-refractivity contribution in [1.29, 1.82) is 0 Å². The summed E-state index contributed by atoms with van der Waals surface area (Å²) in [7, 11) is 2.90. The van der Waals surface area contributed by atoms with E-state index in [0.717, 1.165) is 0 Å². The molecule has 1 heterocycles. The molecule has 0 unspecified atom stereocenters. The summed E-state index contributed by atoms with van der Waals surface area (Å²) in [6.07, 6.45) is 0.346. The predicted molar refractivity (Wildman–Crippen MR) is 50.9 cm³/mol. The van der Waals surface area contributed by atoms with E-state index in [1.807, 2.05) is 0 Å². The molecule has 0 aromatic rings. The number of carbonyl (C=O) groups excluding carboxylic acids is 2. The average molecular weight is 213 g/mol. The molecule has 0 aromatic carbocycles. The molecule has 1 saturated carbocycles. The molecule has 1 amide bonds. The monoisotopic (exact) mass is 213 g/mol. The maximum Gasteiger partial charge on any atom is 0.311 e. The highest BCUT2D eigenvalue weighted by Crippen LogP contribution is 2.41. The van der Waals surface area contributed by atoms with Crippen LogP contribution in [0.15, 0.2) is 0 Å². The van der Waals surface area contributed by atoms with Crippen LogP contribution in [0.1, 0.15) is 6.42 Å². The van der Waals surface area contributed by atoms with Crippen molar-refractivity contribution in [3.8, 4) is 0 Å². The quantitative estimate of drug-likeness (QED) is 0.631. The molecule has 1 aliphatic carbocycles. The molecule has 1 aliphatic heterocycles. The van der Waals surface area contributed by atoms with Gasteiger partial charge in [0.1, 0.15) is 0 Å². The molecule has 84 valence electrons. The van der Waals surface area contributed by atoms with E-state index in [2.05, 4.69) is 5.32 Å². The first-order valence-corrected chi connectivity index (χ1v) is 5.07. The Kier molecular flexibility index (Phi) is 2.65. The van der Waals surface area contributed by atoms with Crippen LogP contribution in [0.25, 0.3) is 0 Å². The van der Waals surface area contributed by atoms with Crippen molar-refractivity contribution in [3.63, 3.8) is 0 Å². The number of methoxy groups -OCH3 is 2. The molecular weight excluding hydrogens is 198 g/mol. The minimum atomic E-state index is -0.329. The van der Waals surface area contributed by atoms with E-state index >= 15 is 0 Å². The molecule has 5 nitrogen and oxygen atoms in total. The summed E-state index contributed by atoms with van der Waals surface area (Å²) in [5.41, 5.74) is 0. The van der Waals surface area contributed by atoms with E-state index in [4.69, 9.17) is 9.47 Å². The molecule has 1 N–H and O–H groups in total. The van der Waals surface area contributed by atoms with Gasteiger partial charge in [0.2, 0.25) is 5.91 Å². The van der Waals surface area contributed by atoms with Crippen LogP contribution in [0.3, 0.4) is 0 Å². The predicted octanol–water partition coefficient (Wildman–Crippen LogP) is -0.444. The number of esters is 1. The number of carbonyl (C=O) groups is 2. The molecule has 4 atom stereocenters. The van der Waals surface area contributed by atoms with Gasteiger partial charge in [-0.05, 0) is 12.3 Å². The number of rotatable bonds is 2. The second-order valence-corrected chi connectivity index (χ2v) is 4.10. The summed E-state index contributed by atoms with van der Waals surface area (Å²) in [6, 6.07) is 0. The Morgan fingerprint density at radius 2 is 2.20 bits per heavy atom. The number of hydrogen-bond donors (Lipinski definition) is 1. The molecule has 0 spiro atoms. The van der Waals surface area contributed by atoms with E-state index in [9.17, 15) is 9.59 Å². The lowest BCUT2D eigenvalue weighted by Crippen LogP contribution is -2.35. The van der Waals surface area contributed by atoms with Gasteiger partial charge in [-0.3, -0.25) is 9.59 Å². The van der Waals surface area contributed by atoms with Gasteiger partial charge in [-0.15, -0.1) is 0 Å². The molecule has 2 fully saturated rings. The van der Waals surface area contributed by atoms with Gasteiger partial charge in [-0.25, -0.2) is 0 Å². The highest BCUT2D eigenvalue weighted by molar-refractivity contribution is 5.84. The third-order valence-corrected chi connectivity index (χ3v) is 3.43. The zero-order chi connectivity index (χ0) is 11.0. The van der Waals surface area contributed by atoms with Crippen molar-refractivity contribution < 1.29 is 19.1 Å². The third kappa shape index (κ3) is 1.51. The number of fused-ring (bicyclic) bond motifs is 1. The van der Waals surface area contributed by atoms with Crippen molar-refractivity contribution in [3.05, 3.63) is 0 Å². The van der Waals surface area contributed by atoms with Gasteiger partial charge in [-0.2, -0.15) is 0 Å². The van der Waals surface area contributed by atoms with Crippen LogP contribution in [0.4, 0.5) is 0 Å². The second kappa shape index (κ2) is 3.81. The first kappa shape index (κ1) is 10.4. The van der Waals surface area contributed by atoms with Gasteiger partial charge < -0.3 is 14.8 Å².